The maximum Gasteiger partial charge on any atom is 0.322 e. The molecule has 0 saturated heterocycles. The summed E-state index contributed by atoms with van der Waals surface area (Å²) in [4.78, 5) is 0. The summed E-state index contributed by atoms with van der Waals surface area (Å²) in [7, 11) is 1.86. The molecule has 0 spiro atoms. The Morgan fingerprint density at radius 2 is 1.79 bits per heavy atom. The first-order chi connectivity index (χ1) is 6.67. The molecule has 0 aliphatic carbocycles. The Balaban J connectivity index is 3.88. The largest absolute Gasteiger partial charge is 0.400 e. The number of hydrogen-bond acceptors (Lipinski definition) is 4. The maximum atomic E-state index is 9.44. The summed E-state index contributed by atoms with van der Waals surface area (Å²) >= 11 is 0. The normalized spacial score (nSPS) is 15.9. The first-order valence-electron chi connectivity index (χ1n) is 5.17. The SMILES string of the molecule is CCC(O)NC(CC)C[SiH](OC)OC. The number of aliphatic hydroxyl groups is 1. The second-order valence-electron chi connectivity index (χ2n) is 3.33. The van der Waals surface area contributed by atoms with E-state index < -0.39 is 15.5 Å². The lowest BCUT2D eigenvalue weighted by Gasteiger charge is -2.22. The molecule has 0 fully saturated rings. The van der Waals surface area contributed by atoms with E-state index in [9.17, 15) is 5.11 Å². The van der Waals surface area contributed by atoms with Crippen LogP contribution in [-0.4, -0.2) is 40.9 Å². The molecule has 0 amide bonds. The fraction of sp³-hybridized carbons (Fsp3) is 1.00. The van der Waals surface area contributed by atoms with Gasteiger partial charge in [0.1, 0.15) is 6.23 Å². The van der Waals surface area contributed by atoms with Crippen molar-refractivity contribution in [2.45, 2.75) is 45.0 Å². The summed E-state index contributed by atoms with van der Waals surface area (Å²) in [6.07, 6.45) is 1.29. The van der Waals surface area contributed by atoms with Crippen LogP contribution in [-0.2, 0) is 8.85 Å². The predicted octanol–water partition coefficient (Wildman–Crippen LogP) is 0.596. The van der Waals surface area contributed by atoms with Crippen molar-refractivity contribution in [2.24, 2.45) is 0 Å². The van der Waals surface area contributed by atoms with Gasteiger partial charge in [0, 0.05) is 26.3 Å². The van der Waals surface area contributed by atoms with Crippen LogP contribution in [0.4, 0.5) is 0 Å². The molecule has 0 saturated carbocycles. The Kier molecular flexibility index (Phi) is 8.41. The van der Waals surface area contributed by atoms with Gasteiger partial charge in [-0.3, -0.25) is 5.32 Å². The van der Waals surface area contributed by atoms with Crippen molar-refractivity contribution >= 4 is 9.28 Å². The van der Waals surface area contributed by atoms with Gasteiger partial charge in [-0.15, -0.1) is 0 Å². The third-order valence-electron chi connectivity index (χ3n) is 2.31. The average Bonchev–Trinajstić information content (AvgIpc) is 2.23. The molecule has 0 radical (unpaired) electrons. The molecule has 0 aromatic heterocycles. The van der Waals surface area contributed by atoms with Gasteiger partial charge >= 0.3 is 9.28 Å². The van der Waals surface area contributed by atoms with E-state index in [0.29, 0.717) is 6.04 Å². The summed E-state index contributed by atoms with van der Waals surface area (Å²) in [5.41, 5.74) is 0. The Morgan fingerprint density at radius 1 is 1.21 bits per heavy atom. The van der Waals surface area contributed by atoms with E-state index in [0.717, 1.165) is 18.9 Å². The standard InChI is InChI=1S/C9H23NO3Si/c1-5-8(10-9(11)6-2)7-14(12-3)13-4/h8-11,14H,5-7H2,1-4H3. The zero-order valence-corrected chi connectivity index (χ0v) is 10.8. The van der Waals surface area contributed by atoms with Gasteiger partial charge in [0.05, 0.1) is 0 Å². The van der Waals surface area contributed by atoms with Gasteiger partial charge in [0.2, 0.25) is 0 Å². The molecule has 4 nitrogen and oxygen atoms in total. The van der Waals surface area contributed by atoms with Gasteiger partial charge in [-0.2, -0.15) is 0 Å². The number of aliphatic hydroxyl groups excluding tert-OH is 1. The van der Waals surface area contributed by atoms with Crippen LogP contribution in [0.25, 0.3) is 0 Å². The second kappa shape index (κ2) is 8.37. The highest BCUT2D eigenvalue weighted by Gasteiger charge is 2.18. The van der Waals surface area contributed by atoms with E-state index in [4.69, 9.17) is 8.85 Å². The van der Waals surface area contributed by atoms with E-state index in [1.54, 1.807) is 14.2 Å². The monoisotopic (exact) mass is 221 g/mol. The van der Waals surface area contributed by atoms with Crippen LogP contribution >= 0.6 is 0 Å². The van der Waals surface area contributed by atoms with E-state index in [2.05, 4.69) is 12.2 Å². The van der Waals surface area contributed by atoms with Crippen LogP contribution in [0, 0.1) is 0 Å². The van der Waals surface area contributed by atoms with Crippen molar-refractivity contribution in [3.8, 4) is 0 Å². The molecule has 2 atom stereocenters. The fourth-order valence-corrected chi connectivity index (χ4v) is 2.77. The van der Waals surface area contributed by atoms with Gasteiger partial charge < -0.3 is 14.0 Å². The highest BCUT2D eigenvalue weighted by atomic mass is 28.3. The van der Waals surface area contributed by atoms with Gasteiger partial charge in [-0.05, 0) is 12.8 Å². The molecule has 86 valence electrons. The maximum absolute atomic E-state index is 9.44. The predicted molar refractivity (Wildman–Crippen MR) is 59.5 cm³/mol. The third-order valence-corrected chi connectivity index (χ3v) is 4.32. The second-order valence-corrected chi connectivity index (χ2v) is 5.61. The van der Waals surface area contributed by atoms with Crippen molar-refractivity contribution in [1.82, 2.24) is 5.32 Å². The topological polar surface area (TPSA) is 50.7 Å². The molecule has 2 unspecified atom stereocenters. The van der Waals surface area contributed by atoms with E-state index in [1.165, 1.54) is 0 Å². The molecular weight excluding hydrogens is 198 g/mol. The van der Waals surface area contributed by atoms with Gasteiger partial charge in [-0.25, -0.2) is 0 Å². The highest BCUT2D eigenvalue weighted by Crippen LogP contribution is 2.05. The smallest absolute Gasteiger partial charge is 0.322 e. The minimum atomic E-state index is -1.51. The molecule has 0 aliphatic rings. The zero-order chi connectivity index (χ0) is 11.0. The lowest BCUT2D eigenvalue weighted by molar-refractivity contribution is 0.118. The van der Waals surface area contributed by atoms with Gasteiger partial charge in [0.15, 0.2) is 0 Å². The van der Waals surface area contributed by atoms with Crippen molar-refractivity contribution in [1.29, 1.82) is 0 Å². The third kappa shape index (κ3) is 5.72. The minimum Gasteiger partial charge on any atom is -0.400 e. The highest BCUT2D eigenvalue weighted by molar-refractivity contribution is 6.44. The Bertz CT molecular complexity index is 133. The van der Waals surface area contributed by atoms with Crippen LogP contribution in [0.1, 0.15) is 26.7 Å². The minimum absolute atomic E-state index is 0.293. The van der Waals surface area contributed by atoms with Crippen LogP contribution in [0.3, 0.4) is 0 Å². The Morgan fingerprint density at radius 3 is 2.14 bits per heavy atom. The first kappa shape index (κ1) is 14.1. The van der Waals surface area contributed by atoms with Crippen LogP contribution < -0.4 is 5.32 Å². The molecule has 0 aromatic rings. The molecule has 0 rings (SSSR count). The van der Waals surface area contributed by atoms with Crippen molar-refractivity contribution in [3.63, 3.8) is 0 Å². The molecule has 0 aromatic carbocycles. The summed E-state index contributed by atoms with van der Waals surface area (Å²) < 4.78 is 10.5. The summed E-state index contributed by atoms with van der Waals surface area (Å²) in [6.45, 7) is 4.04. The fourth-order valence-electron chi connectivity index (χ4n) is 1.26. The van der Waals surface area contributed by atoms with Gasteiger partial charge in [0.25, 0.3) is 0 Å². The molecule has 2 N–H and O–H groups in total. The van der Waals surface area contributed by atoms with E-state index in [1.807, 2.05) is 6.92 Å². The van der Waals surface area contributed by atoms with Crippen molar-refractivity contribution in [2.75, 3.05) is 14.2 Å². The average molecular weight is 221 g/mol. The number of hydrogen-bond donors (Lipinski definition) is 2. The van der Waals surface area contributed by atoms with E-state index in [-0.39, 0.29) is 0 Å². The first-order valence-corrected chi connectivity index (χ1v) is 6.93. The summed E-state index contributed by atoms with van der Waals surface area (Å²) in [6, 6.07) is 1.18. The zero-order valence-electron chi connectivity index (χ0n) is 9.62. The van der Waals surface area contributed by atoms with Crippen molar-refractivity contribution in [3.05, 3.63) is 0 Å². The molecule has 14 heavy (non-hydrogen) atoms. The lowest BCUT2D eigenvalue weighted by Crippen LogP contribution is -2.40. The molecule has 5 heteroatoms. The van der Waals surface area contributed by atoms with Crippen LogP contribution in [0.5, 0.6) is 0 Å². The number of nitrogens with one attached hydrogen (secondary N) is 1. The summed E-state index contributed by atoms with van der Waals surface area (Å²) in [5.74, 6) is 0. The molecular formula is C9H23NO3Si. The number of rotatable bonds is 8. The molecule has 0 heterocycles. The summed E-state index contributed by atoms with van der Waals surface area (Å²) in [5, 5.41) is 12.6. The Labute approximate surface area is 88.5 Å². The Hall–Kier alpha value is 0.0569. The van der Waals surface area contributed by atoms with Crippen LogP contribution in [0.15, 0.2) is 0 Å². The van der Waals surface area contributed by atoms with Crippen molar-refractivity contribution < 1.29 is 14.0 Å². The molecule has 0 bridgehead atoms. The van der Waals surface area contributed by atoms with E-state index >= 15 is 0 Å². The van der Waals surface area contributed by atoms with Gasteiger partial charge in [-0.1, -0.05) is 13.8 Å². The molecule has 0 aliphatic heterocycles. The quantitative estimate of drug-likeness (QED) is 0.465. The lowest BCUT2D eigenvalue weighted by atomic mass is 10.2. The van der Waals surface area contributed by atoms with Crippen LogP contribution in [0.2, 0.25) is 6.04 Å².